The zero-order valence-electron chi connectivity index (χ0n) is 23.7. The molecule has 6 nitrogen and oxygen atoms in total. The standard InChI is InChI=1S/C36H24F3NO5/c1-20(41)45-25-17-12-23(13-18-25)32(42)31-30(22-10-15-24(16-11-22)36(37,38)39)35(33(43)26-7-3-4-8-27(26)34(35)44)29-19-14-21-6-2-5-9-28(21)40(29)31/h2-19,29-31H,1H3/t29?,30-,31+/m0/s1. The van der Waals surface area contributed by atoms with Crippen LogP contribution in [0.1, 0.15) is 60.6 Å². The predicted octanol–water partition coefficient (Wildman–Crippen LogP) is 6.95. The number of hydrogen-bond donors (Lipinski definition) is 0. The summed E-state index contributed by atoms with van der Waals surface area (Å²) in [6, 6.07) is 21.9. The zero-order valence-corrected chi connectivity index (χ0v) is 23.7. The first-order chi connectivity index (χ1) is 21.5. The number of rotatable bonds is 4. The van der Waals surface area contributed by atoms with Gasteiger partial charge in [-0.25, -0.2) is 0 Å². The van der Waals surface area contributed by atoms with Gasteiger partial charge in [0.15, 0.2) is 17.3 Å². The van der Waals surface area contributed by atoms with E-state index < -0.39 is 58.5 Å². The molecule has 1 aliphatic carbocycles. The number of benzene rings is 4. The summed E-state index contributed by atoms with van der Waals surface area (Å²) in [5.41, 5.74) is -0.460. The van der Waals surface area contributed by atoms with Crippen molar-refractivity contribution in [3.8, 4) is 5.75 Å². The van der Waals surface area contributed by atoms with Gasteiger partial charge in [-0.3, -0.25) is 19.2 Å². The van der Waals surface area contributed by atoms with Crippen LogP contribution in [-0.2, 0) is 11.0 Å². The number of alkyl halides is 3. The van der Waals surface area contributed by atoms with Crippen LogP contribution < -0.4 is 9.64 Å². The molecule has 0 bridgehead atoms. The number of nitrogens with zero attached hydrogens (tertiary/aromatic N) is 1. The average Bonchev–Trinajstić information content (AvgIpc) is 3.46. The summed E-state index contributed by atoms with van der Waals surface area (Å²) in [7, 11) is 0. The topological polar surface area (TPSA) is 80.8 Å². The molecule has 1 saturated heterocycles. The Labute approximate surface area is 255 Å². The van der Waals surface area contributed by atoms with E-state index >= 15 is 0 Å². The third kappa shape index (κ3) is 4.18. The van der Waals surface area contributed by atoms with Crippen LogP contribution in [0.3, 0.4) is 0 Å². The Hall–Kier alpha value is -5.31. The van der Waals surface area contributed by atoms with E-state index in [9.17, 15) is 32.3 Å². The number of fused-ring (bicyclic) bond motifs is 5. The molecule has 2 aliphatic heterocycles. The van der Waals surface area contributed by atoms with Gasteiger partial charge in [-0.15, -0.1) is 0 Å². The molecule has 7 rings (SSSR count). The van der Waals surface area contributed by atoms with Gasteiger partial charge < -0.3 is 9.64 Å². The summed E-state index contributed by atoms with van der Waals surface area (Å²) < 4.78 is 46.0. The smallest absolute Gasteiger partial charge is 0.416 e. The van der Waals surface area contributed by atoms with Crippen LogP contribution in [0.25, 0.3) is 6.08 Å². The number of Topliss-reactive ketones (excluding diaryl/α,β-unsaturated/α-hetero) is 3. The minimum atomic E-state index is -4.61. The fourth-order valence-corrected chi connectivity index (χ4v) is 7.19. The lowest BCUT2D eigenvalue weighted by atomic mass is 9.64. The van der Waals surface area contributed by atoms with Crippen molar-refractivity contribution >= 4 is 35.1 Å². The van der Waals surface area contributed by atoms with E-state index in [1.165, 1.54) is 43.3 Å². The second-order valence-corrected chi connectivity index (χ2v) is 11.4. The van der Waals surface area contributed by atoms with E-state index in [1.54, 1.807) is 47.4 Å². The van der Waals surface area contributed by atoms with E-state index in [4.69, 9.17) is 4.74 Å². The molecule has 2 heterocycles. The summed E-state index contributed by atoms with van der Waals surface area (Å²) in [4.78, 5) is 57.2. The van der Waals surface area contributed by atoms with Gasteiger partial charge in [-0.2, -0.15) is 13.2 Å². The molecule has 45 heavy (non-hydrogen) atoms. The molecule has 1 spiro atoms. The minimum Gasteiger partial charge on any atom is -0.427 e. The van der Waals surface area contributed by atoms with Gasteiger partial charge in [0.2, 0.25) is 0 Å². The molecule has 3 aliphatic rings. The highest BCUT2D eigenvalue weighted by molar-refractivity contribution is 6.32. The fourth-order valence-electron chi connectivity index (χ4n) is 7.19. The van der Waals surface area contributed by atoms with Crippen molar-refractivity contribution in [1.82, 2.24) is 0 Å². The van der Waals surface area contributed by atoms with E-state index in [-0.39, 0.29) is 28.0 Å². The van der Waals surface area contributed by atoms with Gasteiger partial charge in [0.1, 0.15) is 17.2 Å². The third-order valence-electron chi connectivity index (χ3n) is 8.98. The lowest BCUT2D eigenvalue weighted by Crippen LogP contribution is -2.48. The lowest BCUT2D eigenvalue weighted by molar-refractivity contribution is -0.137. The van der Waals surface area contributed by atoms with Crippen LogP contribution in [0.2, 0.25) is 0 Å². The molecule has 9 heteroatoms. The largest absolute Gasteiger partial charge is 0.427 e. The number of carbonyl (C=O) groups is 4. The number of ether oxygens (including phenoxy) is 1. The van der Waals surface area contributed by atoms with Gasteiger partial charge in [0.25, 0.3) is 0 Å². The molecule has 4 aromatic rings. The highest BCUT2D eigenvalue weighted by atomic mass is 19.4. The first kappa shape index (κ1) is 28.5. The van der Waals surface area contributed by atoms with E-state index in [2.05, 4.69) is 0 Å². The highest BCUT2D eigenvalue weighted by Crippen LogP contribution is 2.61. The van der Waals surface area contributed by atoms with Crippen LogP contribution in [0.15, 0.2) is 103 Å². The molecule has 4 aromatic carbocycles. The molecular weight excluding hydrogens is 583 g/mol. The summed E-state index contributed by atoms with van der Waals surface area (Å²) >= 11 is 0. The van der Waals surface area contributed by atoms with Crippen LogP contribution in [0.4, 0.5) is 18.9 Å². The van der Waals surface area contributed by atoms with Crippen molar-refractivity contribution in [1.29, 1.82) is 0 Å². The maximum absolute atomic E-state index is 14.7. The number of hydrogen-bond acceptors (Lipinski definition) is 6. The average molecular weight is 608 g/mol. The molecule has 224 valence electrons. The summed E-state index contributed by atoms with van der Waals surface area (Å²) in [6.07, 6.45) is -1.05. The van der Waals surface area contributed by atoms with Gasteiger partial charge in [0, 0.05) is 35.2 Å². The summed E-state index contributed by atoms with van der Waals surface area (Å²) in [6.45, 7) is 1.25. The SMILES string of the molecule is CC(=O)Oc1ccc(C(=O)[C@H]2[C@H](c3ccc(C(F)(F)F)cc3)C3(C(=O)c4ccccc4C3=O)C3C=Cc4ccccc4N32)cc1. The Morgan fingerprint density at radius 2 is 1.40 bits per heavy atom. The van der Waals surface area contributed by atoms with Crippen LogP contribution in [0, 0.1) is 5.41 Å². The van der Waals surface area contributed by atoms with Crippen molar-refractivity contribution in [3.63, 3.8) is 0 Å². The lowest BCUT2D eigenvalue weighted by Gasteiger charge is -2.37. The molecule has 0 amide bonds. The molecule has 3 atom stereocenters. The maximum Gasteiger partial charge on any atom is 0.416 e. The first-order valence-corrected chi connectivity index (χ1v) is 14.3. The molecule has 0 aromatic heterocycles. The molecule has 1 unspecified atom stereocenters. The van der Waals surface area contributed by atoms with E-state index in [0.717, 1.165) is 17.7 Å². The van der Waals surface area contributed by atoms with Gasteiger partial charge in [0.05, 0.1) is 11.6 Å². The quantitative estimate of drug-likeness (QED) is 0.108. The number of halogens is 3. The van der Waals surface area contributed by atoms with Gasteiger partial charge in [-0.1, -0.05) is 66.7 Å². The Morgan fingerprint density at radius 3 is 2.00 bits per heavy atom. The Morgan fingerprint density at radius 1 is 0.800 bits per heavy atom. The van der Waals surface area contributed by atoms with E-state index in [1.807, 2.05) is 18.2 Å². The summed E-state index contributed by atoms with van der Waals surface area (Å²) in [5, 5.41) is 0. The van der Waals surface area contributed by atoms with Crippen LogP contribution in [0.5, 0.6) is 5.75 Å². The Kier molecular flexibility index (Phi) is 6.40. The number of anilines is 1. The van der Waals surface area contributed by atoms with E-state index in [0.29, 0.717) is 5.69 Å². The fraction of sp³-hybridized carbons (Fsp3) is 0.167. The van der Waals surface area contributed by atoms with Gasteiger partial charge >= 0.3 is 12.1 Å². The first-order valence-electron chi connectivity index (χ1n) is 14.3. The van der Waals surface area contributed by atoms with Crippen LogP contribution >= 0.6 is 0 Å². The Balaban J connectivity index is 1.48. The van der Waals surface area contributed by atoms with Crippen molar-refractivity contribution in [2.75, 3.05) is 4.90 Å². The number of ketones is 3. The molecular formula is C36H24F3NO5. The third-order valence-corrected chi connectivity index (χ3v) is 8.98. The van der Waals surface area contributed by atoms with Crippen molar-refractivity contribution in [3.05, 3.63) is 137 Å². The maximum atomic E-state index is 14.7. The molecule has 0 radical (unpaired) electrons. The summed E-state index contributed by atoms with van der Waals surface area (Å²) in [5.74, 6) is -2.87. The zero-order chi connectivity index (χ0) is 31.7. The van der Waals surface area contributed by atoms with Crippen molar-refractivity contribution < 1.29 is 37.1 Å². The minimum absolute atomic E-state index is 0.213. The second kappa shape index (κ2) is 10.1. The second-order valence-electron chi connectivity index (χ2n) is 11.4. The number of esters is 1. The van der Waals surface area contributed by atoms with Crippen molar-refractivity contribution in [2.45, 2.75) is 31.1 Å². The number of carbonyl (C=O) groups excluding carboxylic acids is 4. The van der Waals surface area contributed by atoms with Crippen molar-refractivity contribution in [2.24, 2.45) is 5.41 Å². The van der Waals surface area contributed by atoms with Crippen LogP contribution in [-0.4, -0.2) is 35.4 Å². The predicted molar refractivity (Wildman–Crippen MR) is 159 cm³/mol. The molecule has 0 saturated carbocycles. The monoisotopic (exact) mass is 607 g/mol. The number of para-hydroxylation sites is 1. The van der Waals surface area contributed by atoms with Gasteiger partial charge in [-0.05, 0) is 53.6 Å². The molecule has 1 fully saturated rings. The molecule has 0 N–H and O–H groups in total. The Bertz CT molecular complexity index is 1890. The highest BCUT2D eigenvalue weighted by Gasteiger charge is 2.71. The normalized spacial score (nSPS) is 21.0.